The Labute approximate surface area is 104 Å². The van der Waals surface area contributed by atoms with Gasteiger partial charge in [-0.25, -0.2) is 0 Å². The van der Waals surface area contributed by atoms with Crippen LogP contribution in [0.1, 0.15) is 52.9 Å². The largest absolute Gasteiger partial charge is 0.353 e. The highest BCUT2D eigenvalue weighted by molar-refractivity contribution is 6.17. The van der Waals surface area contributed by atoms with Crippen molar-refractivity contribution in [3.05, 3.63) is 0 Å². The number of carbonyl (C=O) groups is 1. The van der Waals surface area contributed by atoms with Crippen molar-refractivity contribution in [2.24, 2.45) is 11.3 Å². The zero-order chi connectivity index (χ0) is 12.2. The standard InChI is InChI=1S/C13H24ClNO/c1-13(2,3)11(8-9-14)15-12(16)10-6-4-5-7-10/h10-11H,4-9H2,1-3H3,(H,15,16). The normalized spacial score (nSPS) is 19.8. The monoisotopic (exact) mass is 245 g/mol. The van der Waals surface area contributed by atoms with Crippen LogP contribution in [0.3, 0.4) is 0 Å². The molecule has 2 nitrogen and oxygen atoms in total. The summed E-state index contributed by atoms with van der Waals surface area (Å²) < 4.78 is 0. The second kappa shape index (κ2) is 5.90. The first kappa shape index (κ1) is 13.8. The molecule has 16 heavy (non-hydrogen) atoms. The molecule has 0 heterocycles. The lowest BCUT2D eigenvalue weighted by atomic mass is 9.84. The zero-order valence-electron chi connectivity index (χ0n) is 10.7. The molecule has 1 amide bonds. The van der Waals surface area contributed by atoms with Crippen LogP contribution in [-0.4, -0.2) is 17.8 Å². The van der Waals surface area contributed by atoms with E-state index in [9.17, 15) is 4.79 Å². The number of halogens is 1. The molecular weight excluding hydrogens is 222 g/mol. The summed E-state index contributed by atoms with van der Waals surface area (Å²) >= 11 is 5.79. The summed E-state index contributed by atoms with van der Waals surface area (Å²) in [5.74, 6) is 1.09. The van der Waals surface area contributed by atoms with Crippen molar-refractivity contribution >= 4 is 17.5 Å². The quantitative estimate of drug-likeness (QED) is 0.757. The Morgan fingerprint density at radius 2 is 1.94 bits per heavy atom. The van der Waals surface area contributed by atoms with Crippen LogP contribution in [0.25, 0.3) is 0 Å². The number of hydrogen-bond acceptors (Lipinski definition) is 1. The number of amides is 1. The molecule has 0 bridgehead atoms. The fraction of sp³-hybridized carbons (Fsp3) is 0.923. The van der Waals surface area contributed by atoms with Gasteiger partial charge in [-0.05, 0) is 24.7 Å². The number of nitrogens with one attached hydrogen (secondary N) is 1. The maximum absolute atomic E-state index is 12.0. The van der Waals surface area contributed by atoms with Gasteiger partial charge in [0.2, 0.25) is 5.91 Å². The van der Waals surface area contributed by atoms with Crippen molar-refractivity contribution in [2.45, 2.75) is 58.9 Å². The molecule has 1 aliphatic carbocycles. The molecule has 0 saturated heterocycles. The van der Waals surface area contributed by atoms with Crippen LogP contribution < -0.4 is 5.32 Å². The van der Waals surface area contributed by atoms with E-state index in [1.165, 1.54) is 12.8 Å². The van der Waals surface area contributed by atoms with Crippen molar-refractivity contribution in [1.82, 2.24) is 5.32 Å². The molecule has 1 saturated carbocycles. The van der Waals surface area contributed by atoms with Crippen LogP contribution in [0, 0.1) is 11.3 Å². The van der Waals surface area contributed by atoms with Gasteiger partial charge in [0.25, 0.3) is 0 Å². The molecular formula is C13H24ClNO. The summed E-state index contributed by atoms with van der Waals surface area (Å²) in [4.78, 5) is 12.0. The Morgan fingerprint density at radius 3 is 2.38 bits per heavy atom. The molecule has 3 heteroatoms. The number of hydrogen-bond donors (Lipinski definition) is 1. The molecule has 1 rings (SSSR count). The van der Waals surface area contributed by atoms with E-state index in [0.717, 1.165) is 19.3 Å². The topological polar surface area (TPSA) is 29.1 Å². The molecule has 0 aromatic heterocycles. The molecule has 94 valence electrons. The van der Waals surface area contributed by atoms with Crippen LogP contribution >= 0.6 is 11.6 Å². The summed E-state index contributed by atoms with van der Waals surface area (Å²) in [7, 11) is 0. The Kier molecular flexibility index (Phi) is 5.10. The highest BCUT2D eigenvalue weighted by atomic mass is 35.5. The summed E-state index contributed by atoms with van der Waals surface area (Å²) in [5.41, 5.74) is 0.0865. The number of alkyl halides is 1. The third-order valence-electron chi connectivity index (χ3n) is 3.49. The van der Waals surface area contributed by atoms with Gasteiger partial charge in [0.1, 0.15) is 0 Å². The Hall–Kier alpha value is -0.240. The minimum atomic E-state index is 0.0865. The third-order valence-corrected chi connectivity index (χ3v) is 3.70. The van der Waals surface area contributed by atoms with Gasteiger partial charge in [-0.15, -0.1) is 11.6 Å². The van der Waals surface area contributed by atoms with Gasteiger partial charge in [-0.2, -0.15) is 0 Å². The molecule has 0 radical (unpaired) electrons. The average Bonchev–Trinajstić information content (AvgIpc) is 2.68. The van der Waals surface area contributed by atoms with Crippen LogP contribution in [0.5, 0.6) is 0 Å². The van der Waals surface area contributed by atoms with Crippen molar-refractivity contribution in [3.63, 3.8) is 0 Å². The van der Waals surface area contributed by atoms with Crippen LogP contribution in [0.2, 0.25) is 0 Å². The predicted molar refractivity (Wildman–Crippen MR) is 68.7 cm³/mol. The smallest absolute Gasteiger partial charge is 0.223 e. The first-order valence-electron chi connectivity index (χ1n) is 6.31. The molecule has 1 unspecified atom stereocenters. The van der Waals surface area contributed by atoms with Crippen molar-refractivity contribution in [2.75, 3.05) is 5.88 Å². The fourth-order valence-electron chi connectivity index (χ4n) is 2.31. The summed E-state index contributed by atoms with van der Waals surface area (Å²) in [6, 6.07) is 0.193. The summed E-state index contributed by atoms with van der Waals surface area (Å²) in [6.45, 7) is 6.46. The van der Waals surface area contributed by atoms with Gasteiger partial charge >= 0.3 is 0 Å². The highest BCUT2D eigenvalue weighted by Crippen LogP contribution is 2.27. The van der Waals surface area contributed by atoms with Gasteiger partial charge < -0.3 is 5.32 Å². The molecule has 1 atom stereocenters. The second-order valence-corrected chi connectivity index (χ2v) is 6.26. The Balaban J connectivity index is 2.50. The van der Waals surface area contributed by atoms with E-state index in [1.807, 2.05) is 0 Å². The van der Waals surface area contributed by atoms with Gasteiger partial charge in [-0.1, -0.05) is 33.6 Å². The van der Waals surface area contributed by atoms with Crippen molar-refractivity contribution in [3.8, 4) is 0 Å². The molecule has 1 aliphatic rings. The van der Waals surface area contributed by atoms with Gasteiger partial charge in [0, 0.05) is 17.8 Å². The summed E-state index contributed by atoms with van der Waals surface area (Å²) in [5, 5.41) is 3.18. The van der Waals surface area contributed by atoms with E-state index in [0.29, 0.717) is 5.88 Å². The minimum Gasteiger partial charge on any atom is -0.353 e. The van der Waals surface area contributed by atoms with Gasteiger partial charge in [-0.3, -0.25) is 4.79 Å². The molecule has 0 aromatic rings. The van der Waals surface area contributed by atoms with Gasteiger partial charge in [0.05, 0.1) is 0 Å². The lowest BCUT2D eigenvalue weighted by Crippen LogP contribution is -2.45. The van der Waals surface area contributed by atoms with Crippen LogP contribution in [0.4, 0.5) is 0 Å². The van der Waals surface area contributed by atoms with E-state index in [-0.39, 0.29) is 23.3 Å². The minimum absolute atomic E-state index is 0.0865. The van der Waals surface area contributed by atoms with E-state index >= 15 is 0 Å². The predicted octanol–water partition coefficient (Wildman–Crippen LogP) is 3.34. The number of rotatable bonds is 4. The Morgan fingerprint density at radius 1 is 1.38 bits per heavy atom. The Bertz CT molecular complexity index is 229. The van der Waals surface area contributed by atoms with Crippen LogP contribution in [-0.2, 0) is 4.79 Å². The average molecular weight is 246 g/mol. The van der Waals surface area contributed by atoms with E-state index < -0.39 is 0 Å². The first-order chi connectivity index (χ1) is 7.45. The number of carbonyl (C=O) groups excluding carboxylic acids is 1. The SMILES string of the molecule is CC(C)(C)C(CCCl)NC(=O)C1CCCC1. The lowest BCUT2D eigenvalue weighted by molar-refractivity contribution is -0.126. The molecule has 1 N–H and O–H groups in total. The third kappa shape index (κ3) is 3.97. The van der Waals surface area contributed by atoms with Crippen LogP contribution in [0.15, 0.2) is 0 Å². The molecule has 0 aliphatic heterocycles. The lowest BCUT2D eigenvalue weighted by Gasteiger charge is -2.32. The van der Waals surface area contributed by atoms with E-state index in [2.05, 4.69) is 26.1 Å². The maximum Gasteiger partial charge on any atom is 0.223 e. The second-order valence-electron chi connectivity index (χ2n) is 5.89. The molecule has 1 fully saturated rings. The van der Waals surface area contributed by atoms with E-state index in [1.54, 1.807) is 0 Å². The van der Waals surface area contributed by atoms with Gasteiger partial charge in [0.15, 0.2) is 0 Å². The van der Waals surface area contributed by atoms with Crippen molar-refractivity contribution in [1.29, 1.82) is 0 Å². The van der Waals surface area contributed by atoms with Crippen molar-refractivity contribution < 1.29 is 4.79 Å². The summed E-state index contributed by atoms with van der Waals surface area (Å²) in [6.07, 6.45) is 5.37. The zero-order valence-corrected chi connectivity index (χ0v) is 11.4. The molecule has 0 spiro atoms. The first-order valence-corrected chi connectivity index (χ1v) is 6.85. The highest BCUT2D eigenvalue weighted by Gasteiger charge is 2.29. The maximum atomic E-state index is 12.0. The van der Waals surface area contributed by atoms with E-state index in [4.69, 9.17) is 11.6 Å². The fourth-order valence-corrected chi connectivity index (χ4v) is 2.53. The molecule has 0 aromatic carbocycles.